The van der Waals surface area contributed by atoms with Crippen molar-refractivity contribution in [3.8, 4) is 0 Å². The van der Waals surface area contributed by atoms with E-state index in [4.69, 9.17) is 4.84 Å². The van der Waals surface area contributed by atoms with Crippen LogP contribution in [0.4, 0.5) is 0 Å². The number of nitrogens with one attached hydrogen (secondary N) is 1. The summed E-state index contributed by atoms with van der Waals surface area (Å²) in [5.41, 5.74) is 0.778. The van der Waals surface area contributed by atoms with Crippen LogP contribution in [-0.4, -0.2) is 38.5 Å². The van der Waals surface area contributed by atoms with Crippen LogP contribution in [-0.2, 0) is 9.63 Å². The van der Waals surface area contributed by atoms with Crippen molar-refractivity contribution in [1.29, 1.82) is 0 Å². The Kier molecular flexibility index (Phi) is 4.10. The van der Waals surface area contributed by atoms with Gasteiger partial charge in [0.25, 0.3) is 5.91 Å². The first-order valence-corrected chi connectivity index (χ1v) is 7.51. The molecule has 3 rings (SSSR count). The molecule has 0 unspecified atom stereocenters. The van der Waals surface area contributed by atoms with Crippen molar-refractivity contribution in [2.24, 2.45) is 5.16 Å². The molecular weight excluding hydrogens is 294 g/mol. The van der Waals surface area contributed by atoms with Gasteiger partial charge in [-0.3, -0.25) is 4.79 Å². The number of nitrogens with zero attached hydrogens (tertiary/aromatic N) is 4. The third kappa shape index (κ3) is 3.23. The highest BCUT2D eigenvalue weighted by molar-refractivity contribution is 6.05. The third-order valence-electron chi connectivity index (χ3n) is 3.90. The van der Waals surface area contributed by atoms with E-state index in [1.807, 2.05) is 37.3 Å². The predicted octanol–water partition coefficient (Wildman–Crippen LogP) is 1.54. The van der Waals surface area contributed by atoms with Crippen LogP contribution in [0, 0.1) is 0 Å². The van der Waals surface area contributed by atoms with Crippen molar-refractivity contribution in [3.63, 3.8) is 0 Å². The molecule has 0 fully saturated rings. The van der Waals surface area contributed by atoms with Crippen molar-refractivity contribution in [2.45, 2.75) is 31.9 Å². The molecule has 2 heterocycles. The first-order chi connectivity index (χ1) is 11.1. The van der Waals surface area contributed by atoms with Gasteiger partial charge in [-0.25, -0.2) is 9.67 Å². The van der Waals surface area contributed by atoms with Crippen LogP contribution < -0.4 is 5.32 Å². The zero-order valence-corrected chi connectivity index (χ0v) is 13.1. The molecule has 0 spiro atoms. The van der Waals surface area contributed by atoms with Crippen molar-refractivity contribution in [2.75, 3.05) is 6.54 Å². The Morgan fingerprint density at radius 2 is 2.22 bits per heavy atom. The summed E-state index contributed by atoms with van der Waals surface area (Å²) in [4.78, 5) is 21.8. The van der Waals surface area contributed by atoms with E-state index >= 15 is 0 Å². The first kappa shape index (κ1) is 15.2. The molecule has 0 radical (unpaired) electrons. The minimum atomic E-state index is -0.979. The average molecular weight is 313 g/mol. The van der Waals surface area contributed by atoms with Gasteiger partial charge in [0, 0.05) is 13.0 Å². The monoisotopic (exact) mass is 313 g/mol. The Morgan fingerprint density at radius 1 is 1.43 bits per heavy atom. The number of carbonyl (C=O) groups is 1. The van der Waals surface area contributed by atoms with Crippen LogP contribution >= 0.6 is 0 Å². The van der Waals surface area contributed by atoms with Crippen LogP contribution in [0.15, 0.2) is 48.1 Å². The second kappa shape index (κ2) is 6.20. The topological polar surface area (TPSA) is 81.4 Å². The molecular formula is C16H19N5O2. The van der Waals surface area contributed by atoms with Gasteiger partial charge in [-0.1, -0.05) is 35.5 Å². The average Bonchev–Trinajstić information content (AvgIpc) is 3.23. The minimum absolute atomic E-state index is 0.0148. The summed E-state index contributed by atoms with van der Waals surface area (Å²) in [5.74, 6) is -0.181. The van der Waals surface area contributed by atoms with E-state index in [1.165, 1.54) is 6.33 Å². The van der Waals surface area contributed by atoms with Gasteiger partial charge in [-0.05, 0) is 19.4 Å². The number of rotatable bonds is 5. The summed E-state index contributed by atoms with van der Waals surface area (Å²) in [7, 11) is 0. The highest BCUT2D eigenvalue weighted by Crippen LogP contribution is 2.26. The minimum Gasteiger partial charge on any atom is -0.379 e. The summed E-state index contributed by atoms with van der Waals surface area (Å²) in [6, 6.07) is 9.75. The second-order valence-electron chi connectivity index (χ2n) is 5.84. The standard InChI is InChI=1S/C16H19N5O2/c1-12(21-11-17-10-19-21)9-18-15(22)16(2)8-14(20-23-16)13-6-4-3-5-7-13/h3-7,10-12H,8-9H2,1-2H3,(H,18,22)/t12-,16+/m1/s1. The van der Waals surface area contributed by atoms with Crippen molar-refractivity contribution >= 4 is 11.6 Å². The van der Waals surface area contributed by atoms with Gasteiger partial charge < -0.3 is 10.2 Å². The zero-order valence-electron chi connectivity index (χ0n) is 13.1. The number of oxime groups is 1. The van der Waals surface area contributed by atoms with E-state index in [0.29, 0.717) is 13.0 Å². The van der Waals surface area contributed by atoms with Gasteiger partial charge >= 0.3 is 0 Å². The van der Waals surface area contributed by atoms with Crippen molar-refractivity contribution in [1.82, 2.24) is 20.1 Å². The SMILES string of the molecule is C[C@H](CNC(=O)[C@]1(C)CC(c2ccccc2)=NO1)n1cncn1. The molecule has 23 heavy (non-hydrogen) atoms. The molecule has 0 aliphatic carbocycles. The molecule has 0 bridgehead atoms. The van der Waals surface area contributed by atoms with Crippen LogP contribution in [0.1, 0.15) is 31.9 Å². The largest absolute Gasteiger partial charge is 0.379 e. The molecule has 2 aromatic rings. The summed E-state index contributed by atoms with van der Waals surface area (Å²) in [6.07, 6.45) is 3.54. The normalized spacial score (nSPS) is 21.4. The van der Waals surface area contributed by atoms with E-state index in [-0.39, 0.29) is 11.9 Å². The second-order valence-corrected chi connectivity index (χ2v) is 5.84. The van der Waals surface area contributed by atoms with Gasteiger partial charge in [0.2, 0.25) is 5.60 Å². The Hall–Kier alpha value is -2.70. The number of aromatic nitrogens is 3. The Bertz CT molecular complexity index is 699. The van der Waals surface area contributed by atoms with Gasteiger partial charge in [0.1, 0.15) is 12.7 Å². The van der Waals surface area contributed by atoms with Crippen LogP contribution in [0.2, 0.25) is 0 Å². The summed E-state index contributed by atoms with van der Waals surface area (Å²) < 4.78 is 1.70. The van der Waals surface area contributed by atoms with Crippen molar-refractivity contribution in [3.05, 3.63) is 48.5 Å². The Morgan fingerprint density at radius 3 is 2.91 bits per heavy atom. The quantitative estimate of drug-likeness (QED) is 0.908. The zero-order chi connectivity index (χ0) is 16.3. The van der Waals surface area contributed by atoms with E-state index < -0.39 is 5.60 Å². The molecule has 7 nitrogen and oxygen atoms in total. The van der Waals surface area contributed by atoms with Crippen LogP contribution in [0.5, 0.6) is 0 Å². The predicted molar refractivity (Wildman–Crippen MR) is 84.8 cm³/mol. The molecule has 1 aliphatic heterocycles. The molecule has 7 heteroatoms. The van der Waals surface area contributed by atoms with Gasteiger partial charge in [0.15, 0.2) is 0 Å². The Balaban J connectivity index is 1.58. The number of amides is 1. The number of hydrogen-bond acceptors (Lipinski definition) is 5. The highest BCUT2D eigenvalue weighted by atomic mass is 16.7. The van der Waals surface area contributed by atoms with Gasteiger partial charge in [-0.15, -0.1) is 0 Å². The van der Waals surface area contributed by atoms with E-state index in [1.54, 1.807) is 17.9 Å². The maximum absolute atomic E-state index is 12.5. The summed E-state index contributed by atoms with van der Waals surface area (Å²) >= 11 is 0. The maximum atomic E-state index is 12.5. The highest BCUT2D eigenvalue weighted by Gasteiger charge is 2.42. The Labute approximate surface area is 134 Å². The molecule has 0 saturated carbocycles. The number of benzene rings is 1. The first-order valence-electron chi connectivity index (χ1n) is 7.51. The van der Waals surface area contributed by atoms with E-state index in [2.05, 4.69) is 20.6 Å². The molecule has 0 saturated heterocycles. The van der Waals surface area contributed by atoms with E-state index in [9.17, 15) is 4.79 Å². The molecule has 120 valence electrons. The fraction of sp³-hybridized carbons (Fsp3) is 0.375. The summed E-state index contributed by atoms with van der Waals surface area (Å²) in [5, 5.41) is 11.0. The fourth-order valence-corrected chi connectivity index (χ4v) is 2.41. The fourth-order valence-electron chi connectivity index (χ4n) is 2.41. The van der Waals surface area contributed by atoms with Crippen LogP contribution in [0.25, 0.3) is 0 Å². The molecule has 1 aromatic carbocycles. The summed E-state index contributed by atoms with van der Waals surface area (Å²) in [6.45, 7) is 4.16. The van der Waals surface area contributed by atoms with Gasteiger partial charge in [0.05, 0.1) is 11.8 Å². The van der Waals surface area contributed by atoms with Gasteiger partial charge in [-0.2, -0.15) is 5.10 Å². The third-order valence-corrected chi connectivity index (χ3v) is 3.90. The molecule has 1 amide bonds. The lowest BCUT2D eigenvalue weighted by molar-refractivity contribution is -0.141. The molecule has 2 atom stereocenters. The number of carbonyl (C=O) groups excluding carboxylic acids is 1. The molecule has 1 N–H and O–H groups in total. The molecule has 1 aromatic heterocycles. The van der Waals surface area contributed by atoms with E-state index in [0.717, 1.165) is 11.3 Å². The molecule has 1 aliphatic rings. The van der Waals surface area contributed by atoms with Crippen LogP contribution in [0.3, 0.4) is 0 Å². The lowest BCUT2D eigenvalue weighted by Gasteiger charge is -2.21. The maximum Gasteiger partial charge on any atom is 0.267 e. The van der Waals surface area contributed by atoms with Crippen molar-refractivity contribution < 1.29 is 9.63 Å². The lowest BCUT2D eigenvalue weighted by Crippen LogP contribution is -2.46. The smallest absolute Gasteiger partial charge is 0.267 e. The lowest BCUT2D eigenvalue weighted by atomic mass is 9.95. The number of hydrogen-bond donors (Lipinski definition) is 1.